The number of aromatic nitrogens is 2. The first-order valence-corrected chi connectivity index (χ1v) is 8.25. The van der Waals surface area contributed by atoms with E-state index in [1.807, 2.05) is 32.2 Å². The van der Waals surface area contributed by atoms with Crippen LogP contribution in [0.15, 0.2) is 30.3 Å². The fourth-order valence-corrected chi connectivity index (χ4v) is 3.34. The summed E-state index contributed by atoms with van der Waals surface area (Å²) in [5.41, 5.74) is 2.10. The van der Waals surface area contributed by atoms with Gasteiger partial charge in [-0.25, -0.2) is 0 Å². The van der Waals surface area contributed by atoms with Crippen LogP contribution in [0.5, 0.6) is 5.75 Å². The van der Waals surface area contributed by atoms with E-state index in [0.717, 1.165) is 36.6 Å². The fraction of sp³-hybridized carbons (Fsp3) is 0.444. The highest BCUT2D eigenvalue weighted by molar-refractivity contribution is 5.91. The van der Waals surface area contributed by atoms with Gasteiger partial charge in [0.1, 0.15) is 11.6 Å². The van der Waals surface area contributed by atoms with Crippen molar-refractivity contribution in [2.24, 2.45) is 7.05 Å². The normalized spacial score (nSPS) is 17.9. The lowest BCUT2D eigenvalue weighted by Gasteiger charge is -2.24. The van der Waals surface area contributed by atoms with Gasteiger partial charge in [-0.3, -0.25) is 14.4 Å². The lowest BCUT2D eigenvalue weighted by Crippen LogP contribution is -2.33. The number of amides is 1. The van der Waals surface area contributed by atoms with Crippen LogP contribution in [-0.4, -0.2) is 40.8 Å². The maximum atomic E-state index is 12.4. The van der Waals surface area contributed by atoms with E-state index in [1.165, 1.54) is 5.56 Å². The molecule has 2 heterocycles. The zero-order valence-corrected chi connectivity index (χ0v) is 14.5. The van der Waals surface area contributed by atoms with Crippen LogP contribution < -0.4 is 10.1 Å². The zero-order valence-electron chi connectivity index (χ0n) is 14.5. The molecule has 0 saturated carbocycles. The Balaban J connectivity index is 1.67. The molecule has 128 valence electrons. The number of hydrogen-bond donors (Lipinski definition) is 1. The summed E-state index contributed by atoms with van der Waals surface area (Å²) in [6, 6.07) is 10.3. The Morgan fingerprint density at radius 2 is 2.25 bits per heavy atom. The summed E-state index contributed by atoms with van der Waals surface area (Å²) in [4.78, 5) is 14.6. The highest BCUT2D eigenvalue weighted by atomic mass is 16.5. The van der Waals surface area contributed by atoms with Crippen LogP contribution in [0.25, 0.3) is 0 Å². The molecule has 1 saturated heterocycles. The molecule has 24 heavy (non-hydrogen) atoms. The average molecular weight is 328 g/mol. The van der Waals surface area contributed by atoms with Gasteiger partial charge >= 0.3 is 0 Å². The van der Waals surface area contributed by atoms with Crippen molar-refractivity contribution in [2.75, 3.05) is 25.5 Å². The van der Waals surface area contributed by atoms with Crippen LogP contribution in [0.3, 0.4) is 0 Å². The molecule has 1 amide bonds. The maximum Gasteiger partial charge on any atom is 0.239 e. The summed E-state index contributed by atoms with van der Waals surface area (Å²) >= 11 is 0. The van der Waals surface area contributed by atoms with E-state index < -0.39 is 0 Å². The molecular weight excluding hydrogens is 304 g/mol. The number of carbonyl (C=O) groups is 1. The van der Waals surface area contributed by atoms with Crippen molar-refractivity contribution >= 4 is 11.7 Å². The molecule has 1 atom stereocenters. The number of nitrogens with zero attached hydrogens (tertiary/aromatic N) is 3. The molecule has 3 rings (SSSR count). The molecule has 0 unspecified atom stereocenters. The lowest BCUT2D eigenvalue weighted by atomic mass is 10.0. The monoisotopic (exact) mass is 328 g/mol. The van der Waals surface area contributed by atoms with Crippen LogP contribution in [0.2, 0.25) is 0 Å². The largest absolute Gasteiger partial charge is 0.497 e. The standard InChI is InChI=1S/C18H24N4O2/c1-13-10-17(21(2)20-13)19-18(23)12-22-9-5-8-16(22)14-6-4-7-15(11-14)24-3/h4,6-7,10-11,16H,5,8-9,12H2,1-3H3,(H,19,23)/t16-/m0/s1. The Bertz CT molecular complexity index is 726. The predicted octanol–water partition coefficient (Wildman–Crippen LogP) is 2.51. The highest BCUT2D eigenvalue weighted by Crippen LogP contribution is 2.33. The van der Waals surface area contributed by atoms with Crippen molar-refractivity contribution in [3.8, 4) is 5.75 Å². The molecule has 1 fully saturated rings. The van der Waals surface area contributed by atoms with Crippen LogP contribution in [0.4, 0.5) is 5.82 Å². The number of anilines is 1. The van der Waals surface area contributed by atoms with Crippen molar-refractivity contribution in [3.63, 3.8) is 0 Å². The molecule has 0 aliphatic carbocycles. The van der Waals surface area contributed by atoms with Gasteiger partial charge in [0.05, 0.1) is 19.3 Å². The smallest absolute Gasteiger partial charge is 0.239 e. The first-order valence-electron chi connectivity index (χ1n) is 8.25. The molecule has 6 nitrogen and oxygen atoms in total. The van der Waals surface area contributed by atoms with Gasteiger partial charge in [0.2, 0.25) is 5.91 Å². The number of nitrogens with one attached hydrogen (secondary N) is 1. The molecule has 0 spiro atoms. The van der Waals surface area contributed by atoms with Gasteiger partial charge in [-0.05, 0) is 44.0 Å². The quantitative estimate of drug-likeness (QED) is 0.916. The second-order valence-corrected chi connectivity index (χ2v) is 6.25. The number of aryl methyl sites for hydroxylation is 2. The minimum atomic E-state index is -0.00667. The number of ether oxygens (including phenoxy) is 1. The first-order chi connectivity index (χ1) is 11.6. The van der Waals surface area contributed by atoms with Crippen molar-refractivity contribution < 1.29 is 9.53 Å². The Morgan fingerprint density at radius 1 is 1.42 bits per heavy atom. The topological polar surface area (TPSA) is 59.4 Å². The Morgan fingerprint density at radius 3 is 2.96 bits per heavy atom. The summed E-state index contributed by atoms with van der Waals surface area (Å²) in [5, 5.41) is 7.20. The van der Waals surface area contributed by atoms with E-state index in [4.69, 9.17) is 4.74 Å². The molecule has 1 aromatic carbocycles. The lowest BCUT2D eigenvalue weighted by molar-refractivity contribution is -0.117. The van der Waals surface area contributed by atoms with Crippen LogP contribution in [0, 0.1) is 6.92 Å². The van der Waals surface area contributed by atoms with E-state index in [-0.39, 0.29) is 11.9 Å². The SMILES string of the molecule is COc1cccc([C@@H]2CCCN2CC(=O)Nc2cc(C)nn2C)c1. The number of carbonyl (C=O) groups excluding carboxylic acids is 1. The van der Waals surface area contributed by atoms with Crippen LogP contribution >= 0.6 is 0 Å². The van der Waals surface area contributed by atoms with Crippen molar-refractivity contribution in [2.45, 2.75) is 25.8 Å². The van der Waals surface area contributed by atoms with Crippen LogP contribution in [0.1, 0.15) is 30.1 Å². The van der Waals surface area contributed by atoms with Gasteiger partial charge in [0.25, 0.3) is 0 Å². The van der Waals surface area contributed by atoms with E-state index in [9.17, 15) is 4.79 Å². The van der Waals surface area contributed by atoms with Gasteiger partial charge in [-0.15, -0.1) is 0 Å². The third-order valence-corrected chi connectivity index (χ3v) is 4.46. The molecule has 0 bridgehead atoms. The number of rotatable bonds is 5. The Kier molecular flexibility index (Phi) is 4.85. The van der Waals surface area contributed by atoms with Gasteiger partial charge in [-0.1, -0.05) is 12.1 Å². The molecule has 1 aliphatic heterocycles. The summed E-state index contributed by atoms with van der Waals surface area (Å²) in [7, 11) is 3.51. The van der Waals surface area contributed by atoms with Gasteiger partial charge in [0, 0.05) is 19.2 Å². The zero-order chi connectivity index (χ0) is 17.1. The summed E-state index contributed by atoms with van der Waals surface area (Å²) in [5.74, 6) is 1.58. The van der Waals surface area contributed by atoms with E-state index >= 15 is 0 Å². The van der Waals surface area contributed by atoms with E-state index in [1.54, 1.807) is 11.8 Å². The third-order valence-electron chi connectivity index (χ3n) is 4.46. The molecule has 1 N–H and O–H groups in total. The first kappa shape index (κ1) is 16.5. The van der Waals surface area contributed by atoms with Crippen molar-refractivity contribution in [1.82, 2.24) is 14.7 Å². The van der Waals surface area contributed by atoms with Crippen molar-refractivity contribution in [1.29, 1.82) is 0 Å². The Hall–Kier alpha value is -2.34. The molecule has 6 heteroatoms. The minimum absolute atomic E-state index is 0.00667. The average Bonchev–Trinajstić information content (AvgIpc) is 3.14. The second-order valence-electron chi connectivity index (χ2n) is 6.25. The van der Waals surface area contributed by atoms with Crippen LogP contribution in [-0.2, 0) is 11.8 Å². The number of methoxy groups -OCH3 is 1. The molecule has 1 aromatic heterocycles. The summed E-state index contributed by atoms with van der Waals surface area (Å²) in [6.07, 6.45) is 2.16. The second kappa shape index (κ2) is 7.05. The molecule has 0 radical (unpaired) electrons. The van der Waals surface area contributed by atoms with E-state index in [2.05, 4.69) is 27.4 Å². The van der Waals surface area contributed by atoms with Gasteiger partial charge < -0.3 is 10.1 Å². The number of benzene rings is 1. The molecule has 1 aliphatic rings. The highest BCUT2D eigenvalue weighted by Gasteiger charge is 2.28. The number of likely N-dealkylation sites (tertiary alicyclic amines) is 1. The maximum absolute atomic E-state index is 12.4. The van der Waals surface area contributed by atoms with Gasteiger partial charge in [0.15, 0.2) is 0 Å². The van der Waals surface area contributed by atoms with E-state index in [0.29, 0.717) is 6.54 Å². The summed E-state index contributed by atoms with van der Waals surface area (Å²) in [6.45, 7) is 3.22. The predicted molar refractivity (Wildman–Crippen MR) is 93.1 cm³/mol. The minimum Gasteiger partial charge on any atom is -0.497 e. The summed E-state index contributed by atoms with van der Waals surface area (Å²) < 4.78 is 7.01. The molecule has 2 aromatic rings. The van der Waals surface area contributed by atoms with Gasteiger partial charge in [-0.2, -0.15) is 5.10 Å². The Labute approximate surface area is 142 Å². The fourth-order valence-electron chi connectivity index (χ4n) is 3.34. The number of hydrogen-bond acceptors (Lipinski definition) is 4. The molecular formula is C18H24N4O2. The van der Waals surface area contributed by atoms with Crippen molar-refractivity contribution in [3.05, 3.63) is 41.6 Å². The third kappa shape index (κ3) is 3.59.